The molecule has 1 aromatic rings. The number of amides is 1. The molecule has 25 heavy (non-hydrogen) atoms. The molecule has 0 bridgehead atoms. The second kappa shape index (κ2) is 8.28. The summed E-state index contributed by atoms with van der Waals surface area (Å²) in [5.74, 6) is -0.00762. The zero-order valence-corrected chi connectivity index (χ0v) is 15.3. The first-order chi connectivity index (χ1) is 12.1. The van der Waals surface area contributed by atoms with Gasteiger partial charge in [0.2, 0.25) is 5.91 Å². The van der Waals surface area contributed by atoms with Crippen LogP contribution in [-0.2, 0) is 16.0 Å². The number of piperidine rings is 2. The molecule has 3 rings (SSSR count). The minimum atomic E-state index is -0.177. The summed E-state index contributed by atoms with van der Waals surface area (Å²) in [6.07, 6.45) is 5.20. The van der Waals surface area contributed by atoms with Gasteiger partial charge < -0.3 is 9.64 Å². The van der Waals surface area contributed by atoms with E-state index >= 15 is 0 Å². The Balaban J connectivity index is 1.72. The Hall–Kier alpha value is -1.46. The molecule has 2 aliphatic rings. The molecule has 1 aromatic carbocycles. The van der Waals surface area contributed by atoms with Gasteiger partial charge in [-0.15, -0.1) is 0 Å². The van der Waals surface area contributed by atoms with E-state index in [2.05, 4.69) is 4.90 Å². The fourth-order valence-electron chi connectivity index (χ4n) is 4.44. The van der Waals surface area contributed by atoms with Crippen LogP contribution in [0.5, 0.6) is 0 Å². The molecule has 138 valence electrons. The summed E-state index contributed by atoms with van der Waals surface area (Å²) in [4.78, 5) is 16.1. The van der Waals surface area contributed by atoms with E-state index in [4.69, 9.17) is 4.74 Å². The Kier molecular flexibility index (Phi) is 6.07. The highest BCUT2D eigenvalue weighted by Gasteiger charge is 2.37. The van der Waals surface area contributed by atoms with Crippen molar-refractivity contribution >= 4 is 5.91 Å². The second-order valence-electron chi connectivity index (χ2n) is 7.29. The van der Waals surface area contributed by atoms with Gasteiger partial charge in [0, 0.05) is 39.2 Å². The minimum Gasteiger partial charge on any atom is -0.380 e. The number of rotatable bonds is 4. The molecule has 0 radical (unpaired) electrons. The standard InChI is InChI=1S/C20H29FN2O2/c1-15(24)22-11-8-18(9-12-22)23-10-4-7-20(25-2)19(23)14-16-5-3-6-17(21)13-16/h3,5-6,13,18-20H,4,7-12,14H2,1-2H3/t19-,20-/m0/s1. The Morgan fingerprint density at radius 2 is 2.00 bits per heavy atom. The molecular weight excluding hydrogens is 319 g/mol. The predicted molar refractivity (Wildman–Crippen MR) is 95.9 cm³/mol. The van der Waals surface area contributed by atoms with Crippen LogP contribution in [0.4, 0.5) is 4.39 Å². The molecule has 0 unspecified atom stereocenters. The molecule has 2 saturated heterocycles. The van der Waals surface area contributed by atoms with Gasteiger partial charge in [-0.3, -0.25) is 9.69 Å². The number of methoxy groups -OCH3 is 1. The fraction of sp³-hybridized carbons (Fsp3) is 0.650. The van der Waals surface area contributed by atoms with Gasteiger partial charge in [-0.05, 0) is 56.3 Å². The predicted octanol–water partition coefficient (Wildman–Crippen LogP) is 2.86. The van der Waals surface area contributed by atoms with Crippen LogP contribution in [-0.4, -0.2) is 60.6 Å². The third-order valence-corrected chi connectivity index (χ3v) is 5.78. The van der Waals surface area contributed by atoms with Crippen LogP contribution in [0.25, 0.3) is 0 Å². The van der Waals surface area contributed by atoms with Gasteiger partial charge >= 0.3 is 0 Å². The summed E-state index contributed by atoms with van der Waals surface area (Å²) < 4.78 is 19.4. The van der Waals surface area contributed by atoms with Crippen LogP contribution in [0.2, 0.25) is 0 Å². The third-order valence-electron chi connectivity index (χ3n) is 5.78. The SMILES string of the molecule is CO[C@H]1CCCN(C2CCN(C(C)=O)CC2)[C@H]1Cc1cccc(F)c1. The van der Waals surface area contributed by atoms with Crippen LogP contribution >= 0.6 is 0 Å². The number of carbonyl (C=O) groups excluding carboxylic acids is 1. The second-order valence-corrected chi connectivity index (χ2v) is 7.29. The number of halogens is 1. The van der Waals surface area contributed by atoms with Crippen molar-refractivity contribution in [2.75, 3.05) is 26.7 Å². The Morgan fingerprint density at radius 1 is 1.24 bits per heavy atom. The van der Waals surface area contributed by atoms with Gasteiger partial charge in [0.05, 0.1) is 6.10 Å². The van der Waals surface area contributed by atoms with E-state index in [1.165, 1.54) is 6.07 Å². The third kappa shape index (κ3) is 4.39. The molecule has 0 N–H and O–H groups in total. The molecule has 2 fully saturated rings. The van der Waals surface area contributed by atoms with E-state index in [0.29, 0.717) is 6.04 Å². The van der Waals surface area contributed by atoms with Crippen molar-refractivity contribution in [1.29, 1.82) is 0 Å². The highest BCUT2D eigenvalue weighted by molar-refractivity contribution is 5.73. The monoisotopic (exact) mass is 348 g/mol. The summed E-state index contributed by atoms with van der Waals surface area (Å²) in [5.41, 5.74) is 1.03. The highest BCUT2D eigenvalue weighted by Crippen LogP contribution is 2.29. The number of hydrogen-bond donors (Lipinski definition) is 0. The van der Waals surface area contributed by atoms with Crippen molar-refractivity contribution in [1.82, 2.24) is 9.80 Å². The molecule has 4 nitrogen and oxygen atoms in total. The fourth-order valence-corrected chi connectivity index (χ4v) is 4.44. The first kappa shape index (κ1) is 18.3. The molecule has 0 spiro atoms. The first-order valence-electron chi connectivity index (χ1n) is 9.37. The van der Waals surface area contributed by atoms with Crippen molar-refractivity contribution in [2.45, 2.75) is 57.2 Å². The summed E-state index contributed by atoms with van der Waals surface area (Å²) in [6, 6.07) is 7.67. The van der Waals surface area contributed by atoms with E-state index in [1.54, 1.807) is 26.2 Å². The van der Waals surface area contributed by atoms with E-state index in [-0.39, 0.29) is 23.9 Å². The summed E-state index contributed by atoms with van der Waals surface area (Å²) >= 11 is 0. The largest absolute Gasteiger partial charge is 0.380 e. The maximum atomic E-state index is 13.6. The lowest BCUT2D eigenvalue weighted by Gasteiger charge is -2.47. The van der Waals surface area contributed by atoms with E-state index in [1.807, 2.05) is 11.0 Å². The molecule has 1 amide bonds. The van der Waals surface area contributed by atoms with Crippen LogP contribution in [0.15, 0.2) is 24.3 Å². The zero-order valence-electron chi connectivity index (χ0n) is 15.3. The lowest BCUT2D eigenvalue weighted by molar-refractivity contribution is -0.131. The maximum Gasteiger partial charge on any atom is 0.219 e. The van der Waals surface area contributed by atoms with Crippen LogP contribution in [0.3, 0.4) is 0 Å². The van der Waals surface area contributed by atoms with Gasteiger partial charge in [0.25, 0.3) is 0 Å². The lowest BCUT2D eigenvalue weighted by Crippen LogP contribution is -2.57. The summed E-state index contributed by atoms with van der Waals surface area (Å²) in [6.45, 7) is 4.38. The van der Waals surface area contributed by atoms with Gasteiger partial charge in [0.15, 0.2) is 0 Å². The smallest absolute Gasteiger partial charge is 0.219 e. The van der Waals surface area contributed by atoms with Crippen molar-refractivity contribution in [3.05, 3.63) is 35.6 Å². The molecule has 2 atom stereocenters. The van der Waals surface area contributed by atoms with Crippen LogP contribution in [0, 0.1) is 5.82 Å². The molecular formula is C20H29FN2O2. The Bertz CT molecular complexity index is 587. The van der Waals surface area contributed by atoms with E-state index in [0.717, 1.165) is 57.3 Å². The number of carbonyl (C=O) groups is 1. The quantitative estimate of drug-likeness (QED) is 0.839. The molecule has 0 aromatic heterocycles. The Morgan fingerprint density at radius 3 is 2.64 bits per heavy atom. The number of nitrogens with zero attached hydrogens (tertiary/aromatic N) is 2. The summed E-state index contributed by atoms with van der Waals surface area (Å²) in [5, 5.41) is 0. The minimum absolute atomic E-state index is 0.170. The van der Waals surface area contributed by atoms with Crippen molar-refractivity contribution < 1.29 is 13.9 Å². The van der Waals surface area contributed by atoms with Gasteiger partial charge in [-0.1, -0.05) is 12.1 Å². The molecule has 2 aliphatic heterocycles. The summed E-state index contributed by atoms with van der Waals surface area (Å²) in [7, 11) is 1.78. The average molecular weight is 348 g/mol. The topological polar surface area (TPSA) is 32.8 Å². The van der Waals surface area contributed by atoms with Crippen LogP contribution < -0.4 is 0 Å². The van der Waals surface area contributed by atoms with E-state index in [9.17, 15) is 9.18 Å². The lowest BCUT2D eigenvalue weighted by atomic mass is 9.89. The normalized spacial score (nSPS) is 26.0. The molecule has 0 saturated carbocycles. The van der Waals surface area contributed by atoms with E-state index < -0.39 is 0 Å². The highest BCUT2D eigenvalue weighted by atomic mass is 19.1. The number of hydrogen-bond acceptors (Lipinski definition) is 3. The number of ether oxygens (including phenoxy) is 1. The van der Waals surface area contributed by atoms with Crippen molar-refractivity contribution in [2.24, 2.45) is 0 Å². The number of benzene rings is 1. The number of likely N-dealkylation sites (tertiary alicyclic amines) is 2. The van der Waals surface area contributed by atoms with Crippen LogP contribution in [0.1, 0.15) is 38.2 Å². The van der Waals surface area contributed by atoms with Crippen molar-refractivity contribution in [3.8, 4) is 0 Å². The van der Waals surface area contributed by atoms with Gasteiger partial charge in [-0.2, -0.15) is 0 Å². The van der Waals surface area contributed by atoms with Gasteiger partial charge in [0.1, 0.15) is 5.82 Å². The average Bonchev–Trinajstić information content (AvgIpc) is 2.62. The van der Waals surface area contributed by atoms with Crippen molar-refractivity contribution in [3.63, 3.8) is 0 Å². The first-order valence-corrected chi connectivity index (χ1v) is 9.37. The zero-order chi connectivity index (χ0) is 17.8. The Labute approximate surface area is 149 Å². The maximum absolute atomic E-state index is 13.6. The van der Waals surface area contributed by atoms with Gasteiger partial charge in [-0.25, -0.2) is 4.39 Å². The molecule has 2 heterocycles. The molecule has 5 heteroatoms. The molecule has 0 aliphatic carbocycles.